The molecule has 0 saturated carbocycles. The molecule has 0 aliphatic rings. The highest BCUT2D eigenvalue weighted by molar-refractivity contribution is 7.08. The second-order valence-electron chi connectivity index (χ2n) is 4.60. The molecule has 106 valence electrons. The molecule has 1 atom stereocenters. The number of halogens is 1. The number of anilines is 1. The first-order chi connectivity index (χ1) is 9.47. The second kappa shape index (κ2) is 6.02. The van der Waals surface area contributed by atoms with E-state index >= 15 is 0 Å². The minimum atomic E-state index is -1.26. The lowest BCUT2D eigenvalue weighted by atomic mass is 9.96. The number of thiophene rings is 1. The Kier molecular flexibility index (Phi) is 4.36. The molecule has 4 nitrogen and oxygen atoms in total. The molecule has 0 saturated heterocycles. The number of carbonyl (C=O) groups is 1. The summed E-state index contributed by atoms with van der Waals surface area (Å²) in [4.78, 5) is 11.7. The van der Waals surface area contributed by atoms with Crippen LogP contribution in [0.1, 0.15) is 12.5 Å². The smallest absolute Gasteiger partial charge is 0.319 e. The van der Waals surface area contributed by atoms with Gasteiger partial charge in [0.1, 0.15) is 11.4 Å². The average Bonchev–Trinajstić information content (AvgIpc) is 2.90. The van der Waals surface area contributed by atoms with Crippen LogP contribution in [0.4, 0.5) is 14.9 Å². The number of nitrogens with one attached hydrogen (secondary N) is 2. The van der Waals surface area contributed by atoms with Crippen molar-refractivity contribution in [3.63, 3.8) is 0 Å². The van der Waals surface area contributed by atoms with Gasteiger partial charge in [0.25, 0.3) is 0 Å². The Bertz CT molecular complexity index is 567. The lowest BCUT2D eigenvalue weighted by molar-refractivity contribution is 0.0599. The van der Waals surface area contributed by atoms with Crippen molar-refractivity contribution in [2.24, 2.45) is 0 Å². The molecular weight excluding hydrogens is 279 g/mol. The summed E-state index contributed by atoms with van der Waals surface area (Å²) in [6.45, 7) is 1.58. The Morgan fingerprint density at radius 3 is 2.65 bits per heavy atom. The number of benzene rings is 1. The Morgan fingerprint density at radius 1 is 1.35 bits per heavy atom. The van der Waals surface area contributed by atoms with Crippen LogP contribution in [0.15, 0.2) is 41.1 Å². The molecule has 0 fully saturated rings. The summed E-state index contributed by atoms with van der Waals surface area (Å²) in [5.74, 6) is -0.368. The molecule has 0 aliphatic heterocycles. The lowest BCUT2D eigenvalue weighted by Crippen LogP contribution is -2.40. The Morgan fingerprint density at radius 2 is 2.05 bits per heavy atom. The maximum absolute atomic E-state index is 12.8. The molecule has 2 aromatic rings. The van der Waals surface area contributed by atoms with Gasteiger partial charge in [0.05, 0.1) is 12.2 Å². The Hall–Kier alpha value is -1.92. The monoisotopic (exact) mass is 294 g/mol. The van der Waals surface area contributed by atoms with Gasteiger partial charge < -0.3 is 15.7 Å². The summed E-state index contributed by atoms with van der Waals surface area (Å²) in [6, 6.07) is 6.92. The van der Waals surface area contributed by atoms with E-state index in [9.17, 15) is 14.3 Å². The molecule has 1 unspecified atom stereocenters. The molecule has 2 amide bonds. The molecule has 20 heavy (non-hydrogen) atoms. The maximum Gasteiger partial charge on any atom is 0.319 e. The van der Waals surface area contributed by atoms with Crippen LogP contribution < -0.4 is 10.6 Å². The van der Waals surface area contributed by atoms with E-state index in [1.807, 2.05) is 5.38 Å². The third-order valence-electron chi connectivity index (χ3n) is 2.84. The summed E-state index contributed by atoms with van der Waals surface area (Å²) in [5, 5.41) is 19.2. The third kappa shape index (κ3) is 3.79. The first-order valence-corrected chi connectivity index (χ1v) is 6.97. The van der Waals surface area contributed by atoms with Crippen LogP contribution in [0.5, 0.6) is 0 Å². The first kappa shape index (κ1) is 14.5. The van der Waals surface area contributed by atoms with E-state index < -0.39 is 11.6 Å². The zero-order valence-corrected chi connectivity index (χ0v) is 11.7. The van der Waals surface area contributed by atoms with Crippen LogP contribution in [0.2, 0.25) is 0 Å². The molecule has 6 heteroatoms. The zero-order chi connectivity index (χ0) is 14.6. The summed E-state index contributed by atoms with van der Waals surface area (Å²) >= 11 is 1.48. The van der Waals surface area contributed by atoms with Crippen molar-refractivity contribution in [1.29, 1.82) is 0 Å². The van der Waals surface area contributed by atoms with Crippen molar-refractivity contribution in [2.75, 3.05) is 11.9 Å². The molecular formula is C14H15FN2O2S. The highest BCUT2D eigenvalue weighted by Gasteiger charge is 2.23. The van der Waals surface area contributed by atoms with Crippen LogP contribution in [0, 0.1) is 5.82 Å². The Balaban J connectivity index is 1.91. The van der Waals surface area contributed by atoms with Crippen LogP contribution in [0.25, 0.3) is 0 Å². The van der Waals surface area contributed by atoms with Crippen molar-refractivity contribution in [2.45, 2.75) is 12.5 Å². The quantitative estimate of drug-likeness (QED) is 0.812. The maximum atomic E-state index is 12.8. The standard InChI is InChI=1S/C14H15FN2O2S/c1-14(19,10-2-4-11(15)5-3-10)9-16-13(18)17-12-6-7-20-8-12/h2-8,19H,9H2,1H3,(H2,16,17,18). The van der Waals surface area contributed by atoms with E-state index in [4.69, 9.17) is 0 Å². The zero-order valence-electron chi connectivity index (χ0n) is 10.9. The largest absolute Gasteiger partial charge is 0.384 e. The van der Waals surface area contributed by atoms with Gasteiger partial charge >= 0.3 is 6.03 Å². The fourth-order valence-corrected chi connectivity index (χ4v) is 2.26. The molecule has 0 radical (unpaired) electrons. The van der Waals surface area contributed by atoms with Crippen LogP contribution >= 0.6 is 11.3 Å². The summed E-state index contributed by atoms with van der Waals surface area (Å²) in [7, 11) is 0. The van der Waals surface area contributed by atoms with E-state index in [-0.39, 0.29) is 12.4 Å². The molecule has 0 spiro atoms. The second-order valence-corrected chi connectivity index (χ2v) is 5.38. The van der Waals surface area contributed by atoms with Crippen molar-refractivity contribution in [3.8, 4) is 0 Å². The fraction of sp³-hybridized carbons (Fsp3) is 0.214. The number of aliphatic hydroxyl groups is 1. The number of hydrogen-bond donors (Lipinski definition) is 3. The average molecular weight is 294 g/mol. The fourth-order valence-electron chi connectivity index (χ4n) is 1.67. The van der Waals surface area contributed by atoms with E-state index in [0.717, 1.165) is 0 Å². The highest BCUT2D eigenvalue weighted by Crippen LogP contribution is 2.20. The number of amides is 2. The van der Waals surface area contributed by atoms with E-state index in [2.05, 4.69) is 10.6 Å². The van der Waals surface area contributed by atoms with Crippen molar-refractivity contribution >= 4 is 23.1 Å². The molecule has 0 aliphatic carbocycles. The summed E-state index contributed by atoms with van der Waals surface area (Å²) < 4.78 is 12.8. The van der Waals surface area contributed by atoms with Crippen molar-refractivity contribution in [3.05, 3.63) is 52.5 Å². The molecule has 1 heterocycles. The molecule has 1 aromatic carbocycles. The Labute approximate surface area is 120 Å². The van der Waals surface area contributed by atoms with Gasteiger partial charge in [0.15, 0.2) is 0 Å². The highest BCUT2D eigenvalue weighted by atomic mass is 32.1. The number of rotatable bonds is 4. The number of urea groups is 1. The van der Waals surface area contributed by atoms with Crippen LogP contribution in [0.3, 0.4) is 0 Å². The topological polar surface area (TPSA) is 61.4 Å². The number of carbonyl (C=O) groups excluding carboxylic acids is 1. The van der Waals surface area contributed by atoms with Gasteiger partial charge in [-0.25, -0.2) is 9.18 Å². The summed E-state index contributed by atoms with van der Waals surface area (Å²) in [6.07, 6.45) is 0. The molecule has 3 N–H and O–H groups in total. The van der Waals surface area contributed by atoms with Gasteiger partial charge in [-0.2, -0.15) is 11.3 Å². The minimum Gasteiger partial charge on any atom is -0.384 e. The summed E-state index contributed by atoms with van der Waals surface area (Å²) in [5.41, 5.74) is -0.0247. The van der Waals surface area contributed by atoms with Crippen molar-refractivity contribution < 1.29 is 14.3 Å². The predicted octanol–water partition coefficient (Wildman–Crippen LogP) is 2.92. The van der Waals surface area contributed by atoms with Gasteiger partial charge in [-0.1, -0.05) is 12.1 Å². The minimum absolute atomic E-state index is 0.0224. The SMILES string of the molecule is CC(O)(CNC(=O)Nc1ccsc1)c1ccc(F)cc1. The van der Waals surface area contributed by atoms with Crippen LogP contribution in [-0.4, -0.2) is 17.7 Å². The first-order valence-electron chi connectivity index (χ1n) is 6.03. The van der Waals surface area contributed by atoms with Gasteiger partial charge in [0.2, 0.25) is 0 Å². The van der Waals surface area contributed by atoms with Crippen molar-refractivity contribution in [1.82, 2.24) is 5.32 Å². The van der Waals surface area contributed by atoms with Gasteiger partial charge in [0, 0.05) is 5.38 Å². The molecule has 1 aromatic heterocycles. The third-order valence-corrected chi connectivity index (χ3v) is 3.52. The normalized spacial score (nSPS) is 13.6. The van der Waals surface area contributed by atoms with Gasteiger partial charge in [-0.15, -0.1) is 0 Å². The van der Waals surface area contributed by atoms with E-state index in [0.29, 0.717) is 11.3 Å². The van der Waals surface area contributed by atoms with Gasteiger partial charge in [-0.3, -0.25) is 0 Å². The van der Waals surface area contributed by atoms with E-state index in [1.165, 1.54) is 35.6 Å². The van der Waals surface area contributed by atoms with E-state index in [1.54, 1.807) is 18.4 Å². The van der Waals surface area contributed by atoms with Gasteiger partial charge in [-0.05, 0) is 36.1 Å². The van der Waals surface area contributed by atoms with Crippen LogP contribution in [-0.2, 0) is 5.60 Å². The predicted molar refractivity (Wildman–Crippen MR) is 77.3 cm³/mol. The molecule has 2 rings (SSSR count). The lowest BCUT2D eigenvalue weighted by Gasteiger charge is -2.24. The molecule has 0 bridgehead atoms. The number of hydrogen-bond acceptors (Lipinski definition) is 3.